The number of hydrogen-bond acceptors (Lipinski definition) is 4. The van der Waals surface area contributed by atoms with Crippen LogP contribution >= 0.6 is 0 Å². The summed E-state index contributed by atoms with van der Waals surface area (Å²) >= 11 is 0. The van der Waals surface area contributed by atoms with Crippen molar-refractivity contribution >= 4 is 12.2 Å². The van der Waals surface area contributed by atoms with Crippen LogP contribution in [-0.4, -0.2) is 26.4 Å². The first-order valence-electron chi connectivity index (χ1n) is 4.47. The maximum Gasteiger partial charge on any atom is 0.348 e. The van der Waals surface area contributed by atoms with E-state index in [-0.39, 0.29) is 0 Å². The van der Waals surface area contributed by atoms with Crippen LogP contribution in [0.3, 0.4) is 0 Å². The molecule has 0 N–H and O–H groups in total. The van der Waals surface area contributed by atoms with E-state index in [1.54, 1.807) is 7.11 Å². The van der Waals surface area contributed by atoms with Gasteiger partial charge >= 0.3 is 5.97 Å². The zero-order chi connectivity index (χ0) is 11.1. The second-order valence-electron chi connectivity index (χ2n) is 2.84. The Bertz CT molecular complexity index is 343. The minimum Gasteiger partial charge on any atom is -0.497 e. The van der Waals surface area contributed by atoms with Crippen LogP contribution in [0.2, 0.25) is 0 Å². The highest BCUT2D eigenvalue weighted by atomic mass is 16.5. The van der Waals surface area contributed by atoms with Gasteiger partial charge in [0, 0.05) is 0 Å². The van der Waals surface area contributed by atoms with E-state index in [2.05, 4.69) is 9.73 Å². The lowest BCUT2D eigenvalue weighted by atomic mass is 10.2. The third kappa shape index (κ3) is 3.81. The fourth-order valence-corrected chi connectivity index (χ4v) is 1.01. The molecule has 0 amide bonds. The SMILES string of the molecule is COC(=O)C=NCc1ccc(OC)cc1. The summed E-state index contributed by atoms with van der Waals surface area (Å²) in [5.41, 5.74) is 1.01. The van der Waals surface area contributed by atoms with Gasteiger partial charge in [-0.2, -0.15) is 0 Å². The van der Waals surface area contributed by atoms with Gasteiger partial charge in [0.05, 0.1) is 20.8 Å². The number of carbonyl (C=O) groups is 1. The Balaban J connectivity index is 2.51. The van der Waals surface area contributed by atoms with E-state index >= 15 is 0 Å². The molecule has 4 nitrogen and oxygen atoms in total. The van der Waals surface area contributed by atoms with Crippen LogP contribution < -0.4 is 4.74 Å². The zero-order valence-electron chi connectivity index (χ0n) is 8.77. The average molecular weight is 207 g/mol. The summed E-state index contributed by atoms with van der Waals surface area (Å²) < 4.78 is 9.43. The van der Waals surface area contributed by atoms with Crippen molar-refractivity contribution in [2.45, 2.75) is 6.54 Å². The second kappa shape index (κ2) is 5.80. The molecule has 1 aromatic rings. The summed E-state index contributed by atoms with van der Waals surface area (Å²) in [6, 6.07) is 7.49. The molecule has 0 unspecified atom stereocenters. The maximum atomic E-state index is 10.7. The van der Waals surface area contributed by atoms with Gasteiger partial charge in [-0.15, -0.1) is 0 Å². The summed E-state index contributed by atoms with van der Waals surface area (Å²) in [7, 11) is 2.94. The highest BCUT2D eigenvalue weighted by molar-refractivity contribution is 6.23. The van der Waals surface area contributed by atoms with Crippen LogP contribution in [0.25, 0.3) is 0 Å². The van der Waals surface area contributed by atoms with Crippen molar-refractivity contribution in [1.82, 2.24) is 0 Å². The van der Waals surface area contributed by atoms with Crippen LogP contribution in [0.15, 0.2) is 29.3 Å². The Morgan fingerprint density at radius 3 is 2.53 bits per heavy atom. The molecule has 0 atom stereocenters. The zero-order valence-corrected chi connectivity index (χ0v) is 8.77. The van der Waals surface area contributed by atoms with Crippen molar-refractivity contribution in [2.75, 3.05) is 14.2 Å². The minimum atomic E-state index is -0.441. The summed E-state index contributed by atoms with van der Waals surface area (Å²) in [5, 5.41) is 0. The molecule has 0 heterocycles. The third-order valence-corrected chi connectivity index (χ3v) is 1.83. The van der Waals surface area contributed by atoms with Gasteiger partial charge in [-0.05, 0) is 17.7 Å². The molecule has 0 aliphatic heterocycles. The Kier molecular flexibility index (Phi) is 4.34. The number of methoxy groups -OCH3 is 2. The van der Waals surface area contributed by atoms with Crippen molar-refractivity contribution < 1.29 is 14.3 Å². The lowest BCUT2D eigenvalue weighted by molar-refractivity contribution is -0.132. The largest absolute Gasteiger partial charge is 0.497 e. The summed E-state index contributed by atoms with van der Waals surface area (Å²) in [4.78, 5) is 14.6. The van der Waals surface area contributed by atoms with E-state index in [1.165, 1.54) is 13.3 Å². The summed E-state index contributed by atoms with van der Waals surface area (Å²) in [5.74, 6) is 0.360. The van der Waals surface area contributed by atoms with Gasteiger partial charge in [-0.1, -0.05) is 12.1 Å². The van der Waals surface area contributed by atoms with Gasteiger partial charge in [0.25, 0.3) is 0 Å². The van der Waals surface area contributed by atoms with Gasteiger partial charge in [0.2, 0.25) is 0 Å². The molecule has 4 heteroatoms. The van der Waals surface area contributed by atoms with E-state index in [4.69, 9.17) is 4.74 Å². The number of benzene rings is 1. The molecule has 0 fully saturated rings. The normalized spacial score (nSPS) is 10.3. The predicted octanol–water partition coefficient (Wildman–Crippen LogP) is 1.44. The lowest BCUT2D eigenvalue weighted by Gasteiger charge is -2.00. The molecule has 0 bridgehead atoms. The Morgan fingerprint density at radius 2 is 2.00 bits per heavy atom. The first-order valence-corrected chi connectivity index (χ1v) is 4.47. The molecule has 0 aromatic heterocycles. The second-order valence-corrected chi connectivity index (χ2v) is 2.84. The maximum absolute atomic E-state index is 10.7. The van der Waals surface area contributed by atoms with Crippen molar-refractivity contribution in [3.05, 3.63) is 29.8 Å². The van der Waals surface area contributed by atoms with Gasteiger partial charge < -0.3 is 9.47 Å². The number of esters is 1. The van der Waals surface area contributed by atoms with Gasteiger partial charge in [0.15, 0.2) is 0 Å². The van der Waals surface area contributed by atoms with Crippen LogP contribution in [0, 0.1) is 0 Å². The van der Waals surface area contributed by atoms with E-state index in [9.17, 15) is 4.79 Å². The van der Waals surface area contributed by atoms with Crippen molar-refractivity contribution in [1.29, 1.82) is 0 Å². The Hall–Kier alpha value is -1.84. The van der Waals surface area contributed by atoms with Gasteiger partial charge in [0.1, 0.15) is 12.0 Å². The van der Waals surface area contributed by atoms with E-state index < -0.39 is 5.97 Å². The molecule has 1 rings (SSSR count). The minimum absolute atomic E-state index is 0.441. The number of nitrogens with zero attached hydrogens (tertiary/aromatic N) is 1. The fourth-order valence-electron chi connectivity index (χ4n) is 1.01. The number of ether oxygens (including phenoxy) is 2. The number of aliphatic imine (C=N–C) groups is 1. The number of carbonyl (C=O) groups excluding carboxylic acids is 1. The fraction of sp³-hybridized carbons (Fsp3) is 0.273. The standard InChI is InChI=1S/C11H13NO3/c1-14-10-5-3-9(4-6-10)7-12-8-11(13)15-2/h3-6,8H,7H2,1-2H3. The monoisotopic (exact) mass is 207 g/mol. The molecule has 0 radical (unpaired) electrons. The van der Waals surface area contributed by atoms with E-state index in [0.29, 0.717) is 6.54 Å². The third-order valence-electron chi connectivity index (χ3n) is 1.83. The molecule has 0 spiro atoms. The summed E-state index contributed by atoms with van der Waals surface area (Å²) in [6.45, 7) is 0.457. The summed E-state index contributed by atoms with van der Waals surface area (Å²) in [6.07, 6.45) is 1.17. The van der Waals surface area contributed by atoms with Crippen LogP contribution in [0.1, 0.15) is 5.56 Å². The topological polar surface area (TPSA) is 47.9 Å². The molecule has 15 heavy (non-hydrogen) atoms. The van der Waals surface area contributed by atoms with Crippen molar-refractivity contribution in [2.24, 2.45) is 4.99 Å². The van der Waals surface area contributed by atoms with Crippen molar-refractivity contribution in [3.8, 4) is 5.75 Å². The highest BCUT2D eigenvalue weighted by Gasteiger charge is 1.94. The molecular formula is C11H13NO3. The van der Waals surface area contributed by atoms with Crippen LogP contribution in [0.4, 0.5) is 0 Å². The smallest absolute Gasteiger partial charge is 0.348 e. The average Bonchev–Trinajstić information content (AvgIpc) is 2.29. The molecule has 0 saturated heterocycles. The highest BCUT2D eigenvalue weighted by Crippen LogP contribution is 2.11. The molecule has 0 aliphatic carbocycles. The van der Waals surface area contributed by atoms with E-state index in [0.717, 1.165) is 11.3 Å². The molecule has 80 valence electrons. The Labute approximate surface area is 88.5 Å². The number of hydrogen-bond donors (Lipinski definition) is 0. The van der Waals surface area contributed by atoms with Gasteiger partial charge in [-0.3, -0.25) is 4.99 Å². The van der Waals surface area contributed by atoms with Crippen LogP contribution in [0.5, 0.6) is 5.75 Å². The first-order chi connectivity index (χ1) is 7.26. The Morgan fingerprint density at radius 1 is 1.33 bits per heavy atom. The van der Waals surface area contributed by atoms with Crippen molar-refractivity contribution in [3.63, 3.8) is 0 Å². The molecule has 0 aliphatic rings. The molecule has 0 saturated carbocycles. The predicted molar refractivity (Wildman–Crippen MR) is 57.2 cm³/mol. The quantitative estimate of drug-likeness (QED) is 0.554. The van der Waals surface area contributed by atoms with E-state index in [1.807, 2.05) is 24.3 Å². The first kappa shape index (κ1) is 11.2. The van der Waals surface area contributed by atoms with Gasteiger partial charge in [-0.25, -0.2) is 4.79 Å². The molecule has 1 aromatic carbocycles. The molecular weight excluding hydrogens is 194 g/mol. The lowest BCUT2D eigenvalue weighted by Crippen LogP contribution is -2.01. The number of rotatable bonds is 4. The van der Waals surface area contributed by atoms with Crippen LogP contribution in [-0.2, 0) is 16.1 Å².